The number of rotatable bonds is 5. The average Bonchev–Trinajstić information content (AvgIpc) is 2.31. The van der Waals surface area contributed by atoms with E-state index < -0.39 is 0 Å². The van der Waals surface area contributed by atoms with Crippen LogP contribution >= 0.6 is 27.7 Å². The van der Waals surface area contributed by atoms with E-state index in [1.54, 1.807) is 11.8 Å². The van der Waals surface area contributed by atoms with Crippen molar-refractivity contribution in [3.8, 4) is 0 Å². The molecule has 0 aromatic heterocycles. The lowest BCUT2D eigenvalue weighted by Crippen LogP contribution is -2.22. The Hall–Kier alpha value is -0.480. The van der Waals surface area contributed by atoms with E-state index in [-0.39, 0.29) is 10.7 Å². The summed E-state index contributed by atoms with van der Waals surface area (Å²) >= 11 is 5.08. The van der Waals surface area contributed by atoms with Gasteiger partial charge in [-0.15, -0.1) is 11.8 Å². The van der Waals surface area contributed by atoms with Gasteiger partial charge in [-0.05, 0) is 24.3 Å². The lowest BCUT2D eigenvalue weighted by molar-refractivity contribution is -0.115. The molecule has 1 atom stereocenters. The largest absolute Gasteiger partial charge is 0.324 e. The first-order valence-corrected chi connectivity index (χ1v) is 7.25. The second-order valence-corrected chi connectivity index (χ2v) is 5.71. The van der Waals surface area contributed by atoms with Crippen molar-refractivity contribution in [1.29, 1.82) is 0 Å². The van der Waals surface area contributed by atoms with E-state index in [9.17, 15) is 4.79 Å². The fourth-order valence-corrected chi connectivity index (χ4v) is 2.12. The van der Waals surface area contributed by atoms with Crippen LogP contribution in [0, 0.1) is 0 Å². The number of anilines is 1. The summed E-state index contributed by atoms with van der Waals surface area (Å²) < 4.78 is 0. The molecule has 1 aromatic carbocycles. The van der Waals surface area contributed by atoms with E-state index in [1.807, 2.05) is 31.2 Å². The van der Waals surface area contributed by atoms with Crippen LogP contribution in [-0.2, 0) is 4.79 Å². The number of halogens is 1. The van der Waals surface area contributed by atoms with Crippen molar-refractivity contribution < 1.29 is 4.79 Å². The topological polar surface area (TPSA) is 29.1 Å². The predicted octanol–water partition coefficient (Wildman–Crippen LogP) is 3.91. The summed E-state index contributed by atoms with van der Waals surface area (Å²) in [5.41, 5.74) is 0.900. The molecule has 0 saturated carbocycles. The van der Waals surface area contributed by atoms with Crippen LogP contribution in [0.25, 0.3) is 0 Å². The van der Waals surface area contributed by atoms with E-state index in [0.717, 1.165) is 22.8 Å². The number of amides is 1. The van der Waals surface area contributed by atoms with Crippen LogP contribution < -0.4 is 5.32 Å². The Balaban J connectivity index is 2.76. The zero-order chi connectivity index (χ0) is 12.0. The molecule has 0 aliphatic carbocycles. The standard InChI is InChI=1S/C12H16BrNOS/c1-3-9(13)12(15)14-10-7-5-6-8-11(10)16-4-2/h5-9H,3-4H2,1-2H3,(H,14,15). The Bertz CT molecular complexity index is 357. The smallest absolute Gasteiger partial charge is 0.238 e. The fraction of sp³-hybridized carbons (Fsp3) is 0.417. The number of para-hydroxylation sites is 1. The van der Waals surface area contributed by atoms with Crippen molar-refractivity contribution >= 4 is 39.3 Å². The third-order valence-corrected chi connectivity index (χ3v) is 4.11. The molecule has 0 spiro atoms. The van der Waals surface area contributed by atoms with Crippen LogP contribution in [0.4, 0.5) is 5.69 Å². The number of thioether (sulfide) groups is 1. The van der Waals surface area contributed by atoms with Gasteiger partial charge in [-0.3, -0.25) is 4.79 Å². The molecule has 0 radical (unpaired) electrons. The van der Waals surface area contributed by atoms with Crippen LogP contribution in [0.2, 0.25) is 0 Å². The maximum atomic E-state index is 11.7. The molecule has 1 aromatic rings. The van der Waals surface area contributed by atoms with Gasteiger partial charge in [0, 0.05) is 4.90 Å². The molecule has 1 rings (SSSR count). The minimum atomic E-state index is -0.118. The van der Waals surface area contributed by atoms with Gasteiger partial charge in [0.15, 0.2) is 0 Å². The normalized spacial score (nSPS) is 12.2. The van der Waals surface area contributed by atoms with Gasteiger partial charge in [0.25, 0.3) is 0 Å². The lowest BCUT2D eigenvalue weighted by atomic mass is 10.3. The van der Waals surface area contributed by atoms with E-state index in [2.05, 4.69) is 28.2 Å². The number of carbonyl (C=O) groups is 1. The van der Waals surface area contributed by atoms with Gasteiger partial charge in [0.1, 0.15) is 0 Å². The van der Waals surface area contributed by atoms with E-state index >= 15 is 0 Å². The van der Waals surface area contributed by atoms with Gasteiger partial charge in [-0.25, -0.2) is 0 Å². The number of nitrogens with one attached hydrogen (secondary N) is 1. The van der Waals surface area contributed by atoms with Gasteiger partial charge in [0.2, 0.25) is 5.91 Å². The van der Waals surface area contributed by atoms with Gasteiger partial charge in [0.05, 0.1) is 10.5 Å². The maximum Gasteiger partial charge on any atom is 0.238 e. The van der Waals surface area contributed by atoms with Gasteiger partial charge in [-0.2, -0.15) is 0 Å². The molecular formula is C12H16BrNOS. The van der Waals surface area contributed by atoms with Crippen molar-refractivity contribution in [1.82, 2.24) is 0 Å². The molecule has 4 heteroatoms. The molecule has 0 bridgehead atoms. The Morgan fingerprint density at radius 2 is 2.12 bits per heavy atom. The first-order valence-electron chi connectivity index (χ1n) is 5.35. The fourth-order valence-electron chi connectivity index (χ4n) is 1.25. The van der Waals surface area contributed by atoms with Crippen LogP contribution in [0.1, 0.15) is 20.3 Å². The summed E-state index contributed by atoms with van der Waals surface area (Å²) in [6, 6.07) is 7.88. The van der Waals surface area contributed by atoms with E-state index in [4.69, 9.17) is 0 Å². The Labute approximate surface area is 109 Å². The molecule has 0 aliphatic heterocycles. The monoisotopic (exact) mass is 301 g/mol. The van der Waals surface area contributed by atoms with E-state index in [0.29, 0.717) is 0 Å². The van der Waals surface area contributed by atoms with Crippen molar-refractivity contribution in [2.45, 2.75) is 30.0 Å². The summed E-state index contributed by atoms with van der Waals surface area (Å²) in [4.78, 5) is 12.7. The molecule has 88 valence electrons. The molecule has 0 saturated heterocycles. The predicted molar refractivity (Wildman–Crippen MR) is 74.5 cm³/mol. The Morgan fingerprint density at radius 3 is 2.75 bits per heavy atom. The van der Waals surface area contributed by atoms with Crippen LogP contribution in [0.3, 0.4) is 0 Å². The van der Waals surface area contributed by atoms with Gasteiger partial charge < -0.3 is 5.32 Å². The minimum absolute atomic E-state index is 0.0200. The van der Waals surface area contributed by atoms with Crippen molar-refractivity contribution in [3.63, 3.8) is 0 Å². The highest BCUT2D eigenvalue weighted by Gasteiger charge is 2.13. The third-order valence-electron chi connectivity index (χ3n) is 2.09. The zero-order valence-corrected chi connectivity index (χ0v) is 11.9. The highest BCUT2D eigenvalue weighted by Crippen LogP contribution is 2.27. The number of alkyl halides is 1. The summed E-state index contributed by atoms with van der Waals surface area (Å²) in [5.74, 6) is 1.02. The number of benzene rings is 1. The summed E-state index contributed by atoms with van der Waals surface area (Å²) in [5, 5.41) is 2.94. The van der Waals surface area contributed by atoms with Gasteiger partial charge >= 0.3 is 0 Å². The zero-order valence-electron chi connectivity index (χ0n) is 9.50. The minimum Gasteiger partial charge on any atom is -0.324 e. The maximum absolute atomic E-state index is 11.7. The number of hydrogen-bond donors (Lipinski definition) is 1. The first-order chi connectivity index (χ1) is 7.69. The van der Waals surface area contributed by atoms with Crippen molar-refractivity contribution in [2.24, 2.45) is 0 Å². The molecular weight excluding hydrogens is 286 g/mol. The third kappa shape index (κ3) is 3.83. The molecule has 2 nitrogen and oxygen atoms in total. The Morgan fingerprint density at radius 1 is 1.44 bits per heavy atom. The van der Waals surface area contributed by atoms with E-state index in [1.165, 1.54) is 0 Å². The summed E-state index contributed by atoms with van der Waals surface area (Å²) in [6.45, 7) is 4.08. The average molecular weight is 302 g/mol. The summed E-state index contributed by atoms with van der Waals surface area (Å²) in [6.07, 6.45) is 0.787. The Kier molecular flexibility index (Phi) is 5.91. The molecule has 1 N–H and O–H groups in total. The number of carbonyl (C=O) groups excluding carboxylic acids is 1. The molecule has 0 heterocycles. The second-order valence-electron chi connectivity index (χ2n) is 3.29. The molecule has 0 aliphatic rings. The first kappa shape index (κ1) is 13.6. The number of hydrogen-bond acceptors (Lipinski definition) is 2. The van der Waals surface area contributed by atoms with Crippen LogP contribution in [-0.4, -0.2) is 16.5 Å². The molecule has 0 fully saturated rings. The molecule has 16 heavy (non-hydrogen) atoms. The van der Waals surface area contributed by atoms with Crippen LogP contribution in [0.15, 0.2) is 29.2 Å². The SMILES string of the molecule is CCSc1ccccc1NC(=O)C(Br)CC. The summed E-state index contributed by atoms with van der Waals surface area (Å²) in [7, 11) is 0. The van der Waals surface area contributed by atoms with Crippen molar-refractivity contribution in [2.75, 3.05) is 11.1 Å². The van der Waals surface area contributed by atoms with Crippen molar-refractivity contribution in [3.05, 3.63) is 24.3 Å². The molecule has 1 amide bonds. The van der Waals surface area contributed by atoms with Gasteiger partial charge in [-0.1, -0.05) is 41.9 Å². The second kappa shape index (κ2) is 6.97. The molecule has 1 unspecified atom stereocenters. The quantitative estimate of drug-likeness (QED) is 0.660. The van der Waals surface area contributed by atoms with Crippen LogP contribution in [0.5, 0.6) is 0 Å². The highest BCUT2D eigenvalue weighted by atomic mass is 79.9. The highest BCUT2D eigenvalue weighted by molar-refractivity contribution is 9.10. The lowest BCUT2D eigenvalue weighted by Gasteiger charge is -2.12.